The van der Waals surface area contributed by atoms with Crippen molar-refractivity contribution in [1.82, 2.24) is 19.4 Å². The minimum atomic E-state index is 0.613. The maximum absolute atomic E-state index is 5.58. The van der Waals surface area contributed by atoms with Crippen LogP contribution in [0.4, 0.5) is 17.2 Å². The Balaban J connectivity index is 1.49. The summed E-state index contributed by atoms with van der Waals surface area (Å²) in [7, 11) is 1.54. The van der Waals surface area contributed by atoms with Crippen LogP contribution in [0.1, 0.15) is 12.5 Å². The van der Waals surface area contributed by atoms with Crippen LogP contribution in [0.2, 0.25) is 0 Å². The first-order valence-corrected chi connectivity index (χ1v) is 9.87. The van der Waals surface area contributed by atoms with Gasteiger partial charge in [-0.2, -0.15) is 0 Å². The molecule has 0 unspecified atom stereocenters. The Labute approximate surface area is 178 Å². The molecular formula is C22H21N7O2. The summed E-state index contributed by atoms with van der Waals surface area (Å²) in [4.78, 5) is 18.5. The van der Waals surface area contributed by atoms with Gasteiger partial charge in [-0.1, -0.05) is 17.3 Å². The molecule has 0 atom stereocenters. The molecule has 0 amide bonds. The molecule has 156 valence electrons. The van der Waals surface area contributed by atoms with Crippen LogP contribution < -0.4 is 15.4 Å². The highest BCUT2D eigenvalue weighted by atomic mass is 16.6. The second-order valence-electron chi connectivity index (χ2n) is 7.05. The summed E-state index contributed by atoms with van der Waals surface area (Å²) >= 11 is 0. The summed E-state index contributed by atoms with van der Waals surface area (Å²) in [6.45, 7) is 3.27. The first-order chi connectivity index (χ1) is 15.2. The van der Waals surface area contributed by atoms with E-state index in [1.807, 2.05) is 54.0 Å². The van der Waals surface area contributed by atoms with Crippen LogP contribution in [0.5, 0.6) is 5.88 Å². The molecule has 4 heterocycles. The van der Waals surface area contributed by atoms with Crippen LogP contribution in [0.15, 0.2) is 60.3 Å². The third kappa shape index (κ3) is 3.73. The number of benzene rings is 1. The van der Waals surface area contributed by atoms with Crippen molar-refractivity contribution in [2.75, 3.05) is 30.9 Å². The van der Waals surface area contributed by atoms with Gasteiger partial charge in [-0.3, -0.25) is 0 Å². The Morgan fingerprint density at radius 1 is 1.26 bits per heavy atom. The van der Waals surface area contributed by atoms with E-state index in [2.05, 4.69) is 25.8 Å². The number of aromatic nitrogens is 4. The lowest BCUT2D eigenvalue weighted by Gasteiger charge is -2.18. The van der Waals surface area contributed by atoms with Crippen molar-refractivity contribution in [2.45, 2.75) is 6.92 Å². The summed E-state index contributed by atoms with van der Waals surface area (Å²) in [6.07, 6.45) is 7.36. The van der Waals surface area contributed by atoms with Gasteiger partial charge in [-0.05, 0) is 30.7 Å². The van der Waals surface area contributed by atoms with Crippen molar-refractivity contribution in [2.24, 2.45) is 5.16 Å². The minimum Gasteiger partial charge on any atom is -0.474 e. The van der Waals surface area contributed by atoms with Crippen molar-refractivity contribution >= 4 is 28.6 Å². The monoisotopic (exact) mass is 415 g/mol. The molecule has 0 saturated carbocycles. The van der Waals surface area contributed by atoms with Gasteiger partial charge in [0.15, 0.2) is 11.5 Å². The van der Waals surface area contributed by atoms with Crippen LogP contribution in [0.25, 0.3) is 16.9 Å². The number of ether oxygens (including phenoxy) is 1. The zero-order valence-electron chi connectivity index (χ0n) is 17.2. The zero-order valence-corrected chi connectivity index (χ0v) is 17.2. The number of oxime groups is 1. The maximum Gasteiger partial charge on any atom is 0.237 e. The maximum atomic E-state index is 5.58. The average molecular weight is 415 g/mol. The molecule has 4 aromatic rings. The summed E-state index contributed by atoms with van der Waals surface area (Å²) in [6, 6.07) is 9.90. The number of anilines is 3. The molecule has 0 bridgehead atoms. The SMILES string of the molecule is CON=C(C)c1ccc(Nc2nc(-c3cnc4c(c3)NCCO4)cn3ccnc23)cc1. The fourth-order valence-corrected chi connectivity index (χ4v) is 3.44. The van der Waals surface area contributed by atoms with E-state index in [-0.39, 0.29) is 0 Å². The molecule has 1 aliphatic rings. The molecule has 0 spiro atoms. The molecule has 3 aromatic heterocycles. The predicted octanol–water partition coefficient (Wildman–Crippen LogP) is 3.71. The molecule has 0 saturated heterocycles. The Morgan fingerprint density at radius 3 is 2.97 bits per heavy atom. The van der Waals surface area contributed by atoms with Crippen LogP contribution >= 0.6 is 0 Å². The Bertz CT molecular complexity index is 1260. The van der Waals surface area contributed by atoms with Gasteiger partial charge in [0, 0.05) is 42.6 Å². The van der Waals surface area contributed by atoms with Gasteiger partial charge in [0.2, 0.25) is 5.88 Å². The molecule has 0 aliphatic carbocycles. The number of fused-ring (bicyclic) bond motifs is 2. The largest absolute Gasteiger partial charge is 0.474 e. The van der Waals surface area contributed by atoms with E-state index in [0.717, 1.165) is 46.1 Å². The highest BCUT2D eigenvalue weighted by Crippen LogP contribution is 2.30. The number of hydrogen-bond acceptors (Lipinski definition) is 8. The molecule has 31 heavy (non-hydrogen) atoms. The predicted molar refractivity (Wildman–Crippen MR) is 119 cm³/mol. The molecule has 9 nitrogen and oxygen atoms in total. The lowest BCUT2D eigenvalue weighted by Crippen LogP contribution is -2.18. The second kappa shape index (κ2) is 7.94. The van der Waals surface area contributed by atoms with E-state index in [4.69, 9.17) is 14.6 Å². The lowest BCUT2D eigenvalue weighted by molar-refractivity contribution is 0.213. The van der Waals surface area contributed by atoms with Gasteiger partial charge in [0.05, 0.1) is 17.1 Å². The summed E-state index contributed by atoms with van der Waals surface area (Å²) in [5.41, 5.74) is 5.94. The summed E-state index contributed by atoms with van der Waals surface area (Å²) in [5, 5.41) is 10.7. The lowest BCUT2D eigenvalue weighted by atomic mass is 10.1. The first kappa shape index (κ1) is 18.9. The highest BCUT2D eigenvalue weighted by Gasteiger charge is 2.15. The van der Waals surface area contributed by atoms with Crippen molar-refractivity contribution in [3.63, 3.8) is 0 Å². The van der Waals surface area contributed by atoms with Crippen molar-refractivity contribution in [3.05, 3.63) is 60.7 Å². The number of imidazole rings is 1. The number of nitrogens with one attached hydrogen (secondary N) is 2. The van der Waals surface area contributed by atoms with E-state index < -0.39 is 0 Å². The van der Waals surface area contributed by atoms with Gasteiger partial charge in [0.25, 0.3) is 0 Å². The standard InChI is InChI=1S/C22H21N7O2/c1-14(28-30-2)15-3-5-17(6-4-15)26-20-21-24-7-9-29(21)13-19(27-20)16-11-18-22(25-12-16)31-10-8-23-18/h3-7,9,11-13,23H,8,10H2,1-2H3,(H,26,27). The summed E-state index contributed by atoms with van der Waals surface area (Å²) < 4.78 is 7.52. The molecule has 1 aliphatic heterocycles. The molecule has 5 rings (SSSR count). The normalized spacial score (nSPS) is 13.3. The highest BCUT2D eigenvalue weighted by molar-refractivity contribution is 5.98. The second-order valence-corrected chi connectivity index (χ2v) is 7.05. The van der Waals surface area contributed by atoms with Crippen LogP contribution in [0, 0.1) is 0 Å². The van der Waals surface area contributed by atoms with Crippen LogP contribution in [-0.2, 0) is 4.84 Å². The van der Waals surface area contributed by atoms with Gasteiger partial charge in [-0.25, -0.2) is 15.0 Å². The van der Waals surface area contributed by atoms with Crippen molar-refractivity contribution in [3.8, 4) is 17.1 Å². The van der Waals surface area contributed by atoms with Crippen molar-refractivity contribution < 1.29 is 9.57 Å². The van der Waals surface area contributed by atoms with Crippen molar-refractivity contribution in [1.29, 1.82) is 0 Å². The molecule has 1 aromatic carbocycles. The molecule has 2 N–H and O–H groups in total. The van der Waals surface area contributed by atoms with Gasteiger partial charge in [0.1, 0.15) is 13.7 Å². The first-order valence-electron chi connectivity index (χ1n) is 9.87. The number of rotatable bonds is 5. The van der Waals surface area contributed by atoms with Crippen LogP contribution in [0.3, 0.4) is 0 Å². The van der Waals surface area contributed by atoms with Gasteiger partial charge >= 0.3 is 0 Å². The van der Waals surface area contributed by atoms with E-state index in [0.29, 0.717) is 18.3 Å². The smallest absolute Gasteiger partial charge is 0.237 e. The molecule has 0 fully saturated rings. The van der Waals surface area contributed by atoms with E-state index in [1.165, 1.54) is 7.11 Å². The van der Waals surface area contributed by atoms with E-state index in [9.17, 15) is 0 Å². The third-order valence-electron chi connectivity index (χ3n) is 4.97. The number of nitrogens with zero attached hydrogens (tertiary/aromatic N) is 5. The van der Waals surface area contributed by atoms with E-state index in [1.54, 1.807) is 12.4 Å². The van der Waals surface area contributed by atoms with Gasteiger partial charge in [-0.15, -0.1) is 0 Å². The third-order valence-corrected chi connectivity index (χ3v) is 4.97. The van der Waals surface area contributed by atoms with Crippen LogP contribution in [-0.4, -0.2) is 45.3 Å². The average Bonchev–Trinajstić information content (AvgIpc) is 3.28. The fraction of sp³-hybridized carbons (Fsp3) is 0.182. The number of hydrogen-bond donors (Lipinski definition) is 2. The zero-order chi connectivity index (χ0) is 21.2. The molecular weight excluding hydrogens is 394 g/mol. The molecule has 0 radical (unpaired) electrons. The Hall–Kier alpha value is -4.14. The fourth-order valence-electron chi connectivity index (χ4n) is 3.44. The topological polar surface area (TPSA) is 98.0 Å². The Morgan fingerprint density at radius 2 is 2.13 bits per heavy atom. The minimum absolute atomic E-state index is 0.613. The van der Waals surface area contributed by atoms with Gasteiger partial charge < -0.3 is 24.6 Å². The van der Waals surface area contributed by atoms with E-state index >= 15 is 0 Å². The quantitative estimate of drug-likeness (QED) is 0.379. The summed E-state index contributed by atoms with van der Waals surface area (Å²) in [5.74, 6) is 1.27. The Kier molecular flexibility index (Phi) is 4.83. The number of pyridine rings is 1. The molecule has 9 heteroatoms.